The van der Waals surface area contributed by atoms with Crippen LogP contribution in [-0.4, -0.2) is 43.1 Å². The van der Waals surface area contributed by atoms with Crippen LogP contribution in [0.2, 0.25) is 0 Å². The number of nitrogens with two attached hydrogens (primary N) is 1. The molecule has 1 aliphatic heterocycles. The molecule has 1 heterocycles. The molecular formula is C16H26N2O3. The zero-order chi connectivity index (χ0) is 15.5. The maximum absolute atomic E-state index is 9.41. The summed E-state index contributed by atoms with van der Waals surface area (Å²) in [6, 6.07) is 5.83. The number of hydrogen-bond donors (Lipinski definition) is 2. The fraction of sp³-hybridized carbons (Fsp3) is 0.625. The normalized spacial score (nSPS) is 21.3. The molecule has 5 nitrogen and oxygen atoms in total. The minimum Gasteiger partial charge on any atom is -0.491 e. The van der Waals surface area contributed by atoms with E-state index in [4.69, 9.17) is 15.2 Å². The van der Waals surface area contributed by atoms with Gasteiger partial charge in [0.1, 0.15) is 5.75 Å². The SMILES string of the molecule is CCCOc1cc(N2CC(CO)OC(C)(C)C2)ccc1N. The van der Waals surface area contributed by atoms with Gasteiger partial charge in [-0.1, -0.05) is 6.92 Å². The van der Waals surface area contributed by atoms with E-state index in [1.807, 2.05) is 32.0 Å². The second kappa shape index (κ2) is 6.54. The lowest BCUT2D eigenvalue weighted by Gasteiger charge is -2.43. The van der Waals surface area contributed by atoms with E-state index in [0.29, 0.717) is 18.8 Å². The number of hydrogen-bond acceptors (Lipinski definition) is 5. The molecule has 3 N–H and O–H groups in total. The summed E-state index contributed by atoms with van der Waals surface area (Å²) in [6.07, 6.45) is 0.771. The van der Waals surface area contributed by atoms with Crippen molar-refractivity contribution in [3.63, 3.8) is 0 Å². The quantitative estimate of drug-likeness (QED) is 0.813. The van der Waals surface area contributed by atoms with Gasteiger partial charge in [-0.15, -0.1) is 0 Å². The van der Waals surface area contributed by atoms with E-state index >= 15 is 0 Å². The van der Waals surface area contributed by atoms with Crippen molar-refractivity contribution in [3.8, 4) is 5.75 Å². The van der Waals surface area contributed by atoms with E-state index in [2.05, 4.69) is 11.8 Å². The molecule has 1 aromatic rings. The van der Waals surface area contributed by atoms with Crippen molar-refractivity contribution in [3.05, 3.63) is 18.2 Å². The molecule has 0 aliphatic carbocycles. The van der Waals surface area contributed by atoms with Crippen LogP contribution >= 0.6 is 0 Å². The average molecular weight is 294 g/mol. The molecule has 0 aromatic heterocycles. The number of anilines is 2. The molecule has 0 radical (unpaired) electrons. The summed E-state index contributed by atoms with van der Waals surface area (Å²) < 4.78 is 11.5. The highest BCUT2D eigenvalue weighted by atomic mass is 16.5. The summed E-state index contributed by atoms with van der Waals surface area (Å²) in [7, 11) is 0. The minimum atomic E-state index is -0.294. The predicted molar refractivity (Wildman–Crippen MR) is 84.9 cm³/mol. The largest absolute Gasteiger partial charge is 0.491 e. The van der Waals surface area contributed by atoms with E-state index < -0.39 is 0 Å². The van der Waals surface area contributed by atoms with Crippen molar-refractivity contribution in [1.82, 2.24) is 0 Å². The molecule has 0 saturated carbocycles. The maximum atomic E-state index is 9.41. The smallest absolute Gasteiger partial charge is 0.144 e. The van der Waals surface area contributed by atoms with Crippen molar-refractivity contribution >= 4 is 11.4 Å². The number of morpholine rings is 1. The molecule has 1 aromatic carbocycles. The van der Waals surface area contributed by atoms with Crippen LogP contribution in [0.3, 0.4) is 0 Å². The van der Waals surface area contributed by atoms with Crippen LogP contribution < -0.4 is 15.4 Å². The second-order valence-electron chi connectivity index (χ2n) is 6.13. The Labute approximate surface area is 126 Å². The van der Waals surface area contributed by atoms with Gasteiger partial charge < -0.3 is 25.2 Å². The van der Waals surface area contributed by atoms with E-state index in [0.717, 1.165) is 24.4 Å². The van der Waals surface area contributed by atoms with Gasteiger partial charge in [-0.25, -0.2) is 0 Å². The van der Waals surface area contributed by atoms with E-state index in [1.54, 1.807) is 0 Å². The first kappa shape index (κ1) is 15.9. The molecule has 1 saturated heterocycles. The maximum Gasteiger partial charge on any atom is 0.144 e. The zero-order valence-electron chi connectivity index (χ0n) is 13.1. The predicted octanol–water partition coefficient (Wildman–Crippen LogP) is 2.03. The Morgan fingerprint density at radius 1 is 1.48 bits per heavy atom. The number of nitrogens with zero attached hydrogens (tertiary/aromatic N) is 1. The number of aliphatic hydroxyl groups excluding tert-OH is 1. The van der Waals surface area contributed by atoms with E-state index in [9.17, 15) is 5.11 Å². The van der Waals surface area contributed by atoms with E-state index in [1.165, 1.54) is 0 Å². The van der Waals surface area contributed by atoms with Gasteiger partial charge >= 0.3 is 0 Å². The zero-order valence-corrected chi connectivity index (χ0v) is 13.1. The molecule has 118 valence electrons. The monoisotopic (exact) mass is 294 g/mol. The number of nitrogen functional groups attached to an aromatic ring is 1. The lowest BCUT2D eigenvalue weighted by atomic mass is 10.0. The number of ether oxygens (including phenoxy) is 2. The standard InChI is InChI=1S/C16H26N2O3/c1-4-7-20-15-8-12(5-6-14(15)17)18-9-13(10-19)21-16(2,3)11-18/h5-6,8,13,19H,4,7,9-11,17H2,1-3H3. The molecular weight excluding hydrogens is 268 g/mol. The number of benzene rings is 1. The van der Waals surface area contributed by atoms with Gasteiger partial charge in [0.05, 0.1) is 30.6 Å². The molecule has 1 atom stereocenters. The molecule has 2 rings (SSSR count). The van der Waals surface area contributed by atoms with Crippen molar-refractivity contribution in [1.29, 1.82) is 0 Å². The Balaban J connectivity index is 2.20. The van der Waals surface area contributed by atoms with Gasteiger partial charge in [-0.2, -0.15) is 0 Å². The van der Waals surface area contributed by atoms with E-state index in [-0.39, 0.29) is 18.3 Å². The Hall–Kier alpha value is -1.46. The summed E-state index contributed by atoms with van der Waals surface area (Å²) in [5.74, 6) is 0.721. The Morgan fingerprint density at radius 3 is 2.90 bits per heavy atom. The minimum absolute atomic E-state index is 0.0219. The van der Waals surface area contributed by atoms with Crippen LogP contribution in [-0.2, 0) is 4.74 Å². The lowest BCUT2D eigenvalue weighted by Crippen LogP contribution is -2.54. The first-order chi connectivity index (χ1) is 9.95. The first-order valence-electron chi connectivity index (χ1n) is 7.51. The topological polar surface area (TPSA) is 68.0 Å². The third-order valence-electron chi connectivity index (χ3n) is 3.51. The highest BCUT2D eigenvalue weighted by Crippen LogP contribution is 2.31. The molecule has 1 fully saturated rings. The van der Waals surface area contributed by atoms with Crippen molar-refractivity contribution in [2.24, 2.45) is 0 Å². The molecule has 1 aliphatic rings. The Kier molecular flexibility index (Phi) is 4.96. The molecule has 0 bridgehead atoms. The Morgan fingerprint density at radius 2 is 2.24 bits per heavy atom. The van der Waals surface area contributed by atoms with Gasteiger partial charge in [0, 0.05) is 24.8 Å². The second-order valence-corrected chi connectivity index (χ2v) is 6.13. The highest BCUT2D eigenvalue weighted by molar-refractivity contribution is 5.62. The van der Waals surface area contributed by atoms with Crippen molar-refractivity contribution in [2.75, 3.05) is 36.9 Å². The summed E-state index contributed by atoms with van der Waals surface area (Å²) in [6.45, 7) is 8.24. The first-order valence-corrected chi connectivity index (χ1v) is 7.51. The fourth-order valence-electron chi connectivity index (χ4n) is 2.64. The lowest BCUT2D eigenvalue weighted by molar-refractivity contribution is -0.101. The van der Waals surface area contributed by atoms with Gasteiger partial charge in [0.25, 0.3) is 0 Å². The Bertz CT molecular complexity index is 477. The molecule has 5 heteroatoms. The van der Waals surface area contributed by atoms with Gasteiger partial charge in [-0.05, 0) is 32.4 Å². The van der Waals surface area contributed by atoms with Crippen molar-refractivity contribution < 1.29 is 14.6 Å². The molecule has 1 unspecified atom stereocenters. The summed E-state index contributed by atoms with van der Waals surface area (Å²) >= 11 is 0. The highest BCUT2D eigenvalue weighted by Gasteiger charge is 2.33. The van der Waals surface area contributed by atoms with Crippen LogP contribution in [0, 0.1) is 0 Å². The molecule has 0 spiro atoms. The molecule has 0 amide bonds. The van der Waals surface area contributed by atoms with Crippen LogP contribution in [0.4, 0.5) is 11.4 Å². The van der Waals surface area contributed by atoms with Gasteiger partial charge in [-0.3, -0.25) is 0 Å². The summed E-state index contributed by atoms with van der Waals surface area (Å²) in [5, 5.41) is 9.41. The van der Waals surface area contributed by atoms with Crippen LogP contribution in [0.1, 0.15) is 27.2 Å². The van der Waals surface area contributed by atoms with Crippen LogP contribution in [0.25, 0.3) is 0 Å². The van der Waals surface area contributed by atoms with Crippen molar-refractivity contribution in [2.45, 2.75) is 38.9 Å². The third kappa shape index (κ3) is 4.02. The fourth-order valence-corrected chi connectivity index (χ4v) is 2.64. The third-order valence-corrected chi connectivity index (χ3v) is 3.51. The summed E-state index contributed by atoms with van der Waals surface area (Å²) in [5.41, 5.74) is 7.36. The van der Waals surface area contributed by atoms with Crippen LogP contribution in [0.5, 0.6) is 5.75 Å². The van der Waals surface area contributed by atoms with Gasteiger partial charge in [0.2, 0.25) is 0 Å². The number of rotatable bonds is 5. The molecule has 21 heavy (non-hydrogen) atoms. The average Bonchev–Trinajstić information content (AvgIpc) is 2.44. The van der Waals surface area contributed by atoms with Gasteiger partial charge in [0.15, 0.2) is 0 Å². The summed E-state index contributed by atoms with van der Waals surface area (Å²) in [4.78, 5) is 2.21. The number of aliphatic hydroxyl groups is 1. The van der Waals surface area contributed by atoms with Crippen LogP contribution in [0.15, 0.2) is 18.2 Å².